The van der Waals surface area contributed by atoms with Crippen molar-refractivity contribution in [3.8, 4) is 5.69 Å². The van der Waals surface area contributed by atoms with Gasteiger partial charge in [-0.05, 0) is 51.3 Å². The average Bonchev–Trinajstić information content (AvgIpc) is 3.33. The number of hydrogen-bond donors (Lipinski definition) is 1. The highest BCUT2D eigenvalue weighted by Gasteiger charge is 2.28. The maximum atomic E-state index is 12.6. The second-order valence-electron chi connectivity index (χ2n) is 6.51. The van der Waals surface area contributed by atoms with Gasteiger partial charge < -0.3 is 10.1 Å². The molecule has 128 valence electrons. The van der Waals surface area contributed by atoms with E-state index in [0.717, 1.165) is 17.8 Å². The van der Waals surface area contributed by atoms with Crippen LogP contribution in [0.25, 0.3) is 5.69 Å². The number of ether oxygens (including phenoxy) is 1. The Morgan fingerprint density at radius 2 is 2.08 bits per heavy atom. The minimum Gasteiger partial charge on any atom is -0.379 e. The lowest BCUT2D eigenvalue weighted by Gasteiger charge is -2.09. The van der Waals surface area contributed by atoms with Gasteiger partial charge in [-0.2, -0.15) is 5.10 Å². The van der Waals surface area contributed by atoms with Gasteiger partial charge in [0.25, 0.3) is 5.91 Å². The molecular weight excluding hydrogens is 302 g/mol. The minimum absolute atomic E-state index is 0.0807. The lowest BCUT2D eigenvalue weighted by atomic mass is 10.2. The van der Waals surface area contributed by atoms with E-state index < -0.39 is 0 Å². The molecule has 2 aromatic rings. The molecule has 1 aromatic heterocycles. The van der Waals surface area contributed by atoms with Crippen LogP contribution in [0.3, 0.4) is 0 Å². The Bertz CT molecular complexity index is 675. The van der Waals surface area contributed by atoms with E-state index in [1.807, 2.05) is 50.2 Å². The van der Waals surface area contributed by atoms with Gasteiger partial charge in [0.15, 0.2) is 0 Å². The number of aromatic nitrogens is 2. The second-order valence-corrected chi connectivity index (χ2v) is 6.51. The summed E-state index contributed by atoms with van der Waals surface area (Å²) >= 11 is 0. The predicted molar refractivity (Wildman–Crippen MR) is 93.6 cm³/mol. The molecule has 1 saturated carbocycles. The predicted octanol–water partition coefficient (Wildman–Crippen LogP) is 3.29. The van der Waals surface area contributed by atoms with Crippen LogP contribution in [0.5, 0.6) is 0 Å². The summed E-state index contributed by atoms with van der Waals surface area (Å²) in [5.74, 6) is 0.434. The summed E-state index contributed by atoms with van der Waals surface area (Å²) in [5.41, 5.74) is 2.54. The summed E-state index contributed by atoms with van der Waals surface area (Å²) < 4.78 is 7.25. The number of carbonyl (C=O) groups excluding carboxylic acids is 1. The van der Waals surface area contributed by atoms with Crippen molar-refractivity contribution in [1.82, 2.24) is 15.1 Å². The molecule has 1 aliphatic carbocycles. The summed E-state index contributed by atoms with van der Waals surface area (Å²) in [4.78, 5) is 12.6. The zero-order chi connectivity index (χ0) is 16.9. The molecule has 0 saturated heterocycles. The van der Waals surface area contributed by atoms with Crippen LogP contribution in [0.2, 0.25) is 0 Å². The average molecular weight is 327 g/mol. The van der Waals surface area contributed by atoms with Crippen molar-refractivity contribution in [3.63, 3.8) is 0 Å². The highest BCUT2D eigenvalue weighted by Crippen LogP contribution is 2.39. The first-order chi connectivity index (χ1) is 11.6. The molecule has 0 radical (unpaired) electrons. The van der Waals surface area contributed by atoms with Crippen molar-refractivity contribution in [2.24, 2.45) is 0 Å². The number of benzene rings is 1. The molecule has 1 heterocycles. The van der Waals surface area contributed by atoms with Crippen LogP contribution in [0.1, 0.15) is 55.2 Å². The smallest absolute Gasteiger partial charge is 0.270 e. The van der Waals surface area contributed by atoms with Crippen LogP contribution in [-0.2, 0) is 4.74 Å². The number of amides is 1. The fraction of sp³-hybridized carbons (Fsp3) is 0.474. The van der Waals surface area contributed by atoms with Gasteiger partial charge in [0, 0.05) is 19.1 Å². The van der Waals surface area contributed by atoms with Crippen LogP contribution in [-0.4, -0.2) is 34.9 Å². The van der Waals surface area contributed by atoms with Gasteiger partial charge in [-0.25, -0.2) is 4.68 Å². The third kappa shape index (κ3) is 4.23. The van der Waals surface area contributed by atoms with Crippen LogP contribution in [0.4, 0.5) is 0 Å². The zero-order valence-corrected chi connectivity index (χ0v) is 14.4. The molecule has 3 rings (SSSR count). The van der Waals surface area contributed by atoms with E-state index in [-0.39, 0.29) is 12.0 Å². The summed E-state index contributed by atoms with van der Waals surface area (Å²) in [5, 5.41) is 7.64. The van der Waals surface area contributed by atoms with E-state index in [0.29, 0.717) is 24.8 Å². The Hall–Kier alpha value is -2.14. The number of para-hydroxylation sites is 1. The first-order valence-electron chi connectivity index (χ1n) is 8.70. The van der Waals surface area contributed by atoms with Gasteiger partial charge >= 0.3 is 0 Å². The lowest BCUT2D eigenvalue weighted by molar-refractivity contribution is 0.0756. The first kappa shape index (κ1) is 16.7. The number of nitrogens with one attached hydrogen (secondary N) is 1. The summed E-state index contributed by atoms with van der Waals surface area (Å²) in [6, 6.07) is 11.7. The molecule has 5 heteroatoms. The molecule has 24 heavy (non-hydrogen) atoms. The Morgan fingerprint density at radius 3 is 2.75 bits per heavy atom. The van der Waals surface area contributed by atoms with Crippen LogP contribution in [0, 0.1) is 0 Å². The van der Waals surface area contributed by atoms with E-state index in [1.54, 1.807) is 4.68 Å². The molecule has 0 atom stereocenters. The van der Waals surface area contributed by atoms with Gasteiger partial charge in [0.2, 0.25) is 0 Å². The van der Waals surface area contributed by atoms with Crippen LogP contribution < -0.4 is 5.32 Å². The Morgan fingerprint density at radius 1 is 1.33 bits per heavy atom. The molecule has 5 nitrogen and oxygen atoms in total. The normalized spacial score (nSPS) is 14.1. The number of rotatable bonds is 8. The fourth-order valence-electron chi connectivity index (χ4n) is 2.59. The molecule has 1 aromatic carbocycles. The number of nitrogens with zero attached hydrogens (tertiary/aromatic N) is 2. The quantitative estimate of drug-likeness (QED) is 0.757. The third-order valence-corrected chi connectivity index (χ3v) is 4.02. The highest BCUT2D eigenvalue weighted by molar-refractivity contribution is 5.93. The number of hydrogen-bond acceptors (Lipinski definition) is 3. The van der Waals surface area contributed by atoms with Crippen molar-refractivity contribution < 1.29 is 9.53 Å². The maximum Gasteiger partial charge on any atom is 0.270 e. The molecule has 0 unspecified atom stereocenters. The van der Waals surface area contributed by atoms with E-state index in [9.17, 15) is 4.79 Å². The van der Waals surface area contributed by atoms with Crippen molar-refractivity contribution in [1.29, 1.82) is 0 Å². The van der Waals surface area contributed by atoms with Gasteiger partial charge in [0.1, 0.15) is 5.69 Å². The molecule has 0 bridgehead atoms. The molecule has 1 fully saturated rings. The highest BCUT2D eigenvalue weighted by atomic mass is 16.5. The van der Waals surface area contributed by atoms with E-state index in [2.05, 4.69) is 10.4 Å². The Labute approximate surface area is 143 Å². The van der Waals surface area contributed by atoms with E-state index in [4.69, 9.17) is 4.74 Å². The van der Waals surface area contributed by atoms with Crippen molar-refractivity contribution in [2.45, 2.75) is 45.1 Å². The number of carbonyl (C=O) groups is 1. The van der Waals surface area contributed by atoms with E-state index in [1.165, 1.54) is 12.8 Å². The standard InChI is InChI=1S/C19H25N3O2/c1-14(2)24-12-6-11-20-19(23)18-13-17(15-9-10-15)21-22(18)16-7-4-3-5-8-16/h3-5,7-8,13-15H,6,9-12H2,1-2H3,(H,20,23). The van der Waals surface area contributed by atoms with E-state index >= 15 is 0 Å². The molecule has 1 aliphatic rings. The van der Waals surface area contributed by atoms with Crippen LogP contribution >= 0.6 is 0 Å². The fourth-order valence-corrected chi connectivity index (χ4v) is 2.59. The largest absolute Gasteiger partial charge is 0.379 e. The van der Waals surface area contributed by atoms with Crippen molar-refractivity contribution in [3.05, 3.63) is 47.8 Å². The molecule has 0 spiro atoms. The monoisotopic (exact) mass is 327 g/mol. The SMILES string of the molecule is CC(C)OCCCNC(=O)c1cc(C2CC2)nn1-c1ccccc1. The van der Waals surface area contributed by atoms with Gasteiger partial charge in [-0.15, -0.1) is 0 Å². The second kappa shape index (κ2) is 7.62. The molecule has 1 amide bonds. The maximum absolute atomic E-state index is 12.6. The first-order valence-corrected chi connectivity index (χ1v) is 8.70. The van der Waals surface area contributed by atoms with Gasteiger partial charge in [-0.3, -0.25) is 4.79 Å². The van der Waals surface area contributed by atoms with Crippen molar-refractivity contribution in [2.75, 3.05) is 13.2 Å². The molecule has 1 N–H and O–H groups in total. The molecular formula is C19H25N3O2. The van der Waals surface area contributed by atoms with Crippen LogP contribution in [0.15, 0.2) is 36.4 Å². The minimum atomic E-state index is -0.0807. The Kier molecular flexibility index (Phi) is 5.30. The van der Waals surface area contributed by atoms with Gasteiger partial charge in [-0.1, -0.05) is 18.2 Å². The van der Waals surface area contributed by atoms with Gasteiger partial charge in [0.05, 0.1) is 17.5 Å². The lowest BCUT2D eigenvalue weighted by Crippen LogP contribution is -2.27. The topological polar surface area (TPSA) is 56.1 Å². The molecule has 0 aliphatic heterocycles. The Balaban J connectivity index is 1.68. The van der Waals surface area contributed by atoms with Crippen molar-refractivity contribution >= 4 is 5.91 Å². The summed E-state index contributed by atoms with van der Waals surface area (Å²) in [6.45, 7) is 5.28. The summed E-state index contributed by atoms with van der Waals surface area (Å²) in [6.07, 6.45) is 3.36. The third-order valence-electron chi connectivity index (χ3n) is 4.02. The zero-order valence-electron chi connectivity index (χ0n) is 14.4. The summed E-state index contributed by atoms with van der Waals surface area (Å²) in [7, 11) is 0.